The van der Waals surface area contributed by atoms with Gasteiger partial charge in [-0.05, 0) is 17.7 Å². The second kappa shape index (κ2) is 7.31. The fraction of sp³-hybridized carbons (Fsp3) is 0.100. The molecule has 0 saturated carbocycles. The second-order valence-electron chi connectivity index (χ2n) is 5.94. The Kier molecular flexibility index (Phi) is 4.71. The van der Waals surface area contributed by atoms with E-state index >= 15 is 0 Å². The van der Waals surface area contributed by atoms with Crippen molar-refractivity contribution in [1.29, 1.82) is 5.26 Å². The van der Waals surface area contributed by atoms with Crippen molar-refractivity contribution in [2.75, 3.05) is 0 Å². The largest absolute Gasteiger partial charge is 0.286 e. The van der Waals surface area contributed by atoms with Gasteiger partial charge in [-0.1, -0.05) is 54.1 Å². The van der Waals surface area contributed by atoms with Gasteiger partial charge in [-0.2, -0.15) is 10.4 Å². The number of halogens is 1. The van der Waals surface area contributed by atoms with Gasteiger partial charge in [0.1, 0.15) is 15.9 Å². The molecule has 2 aromatic heterocycles. The SMILES string of the molecule is N#CC(c1nc2ccccc2s1)c1cnn(Cc2ccccc2)c(=O)c1Cl. The van der Waals surface area contributed by atoms with Gasteiger partial charge in [0, 0.05) is 5.56 Å². The summed E-state index contributed by atoms with van der Waals surface area (Å²) in [5, 5.41) is 14.5. The van der Waals surface area contributed by atoms with Crippen molar-refractivity contribution in [3.63, 3.8) is 0 Å². The number of rotatable bonds is 4. The number of hydrogen-bond acceptors (Lipinski definition) is 5. The first-order valence-electron chi connectivity index (χ1n) is 8.22. The normalized spacial score (nSPS) is 12.0. The summed E-state index contributed by atoms with van der Waals surface area (Å²) in [4.78, 5) is 17.2. The summed E-state index contributed by atoms with van der Waals surface area (Å²) in [5.74, 6) is -0.735. The standard InChI is InChI=1S/C20H13ClN4OS/c21-18-15(11-23-25(20(18)26)12-13-6-2-1-3-7-13)14(10-22)19-24-16-8-4-5-9-17(16)27-19/h1-9,11,14H,12H2. The lowest BCUT2D eigenvalue weighted by molar-refractivity contribution is 0.633. The zero-order chi connectivity index (χ0) is 18.8. The molecule has 27 heavy (non-hydrogen) atoms. The minimum atomic E-state index is -0.735. The Bertz CT molecular complexity index is 1180. The van der Waals surface area contributed by atoms with E-state index in [9.17, 15) is 10.1 Å². The molecule has 0 saturated heterocycles. The third-order valence-electron chi connectivity index (χ3n) is 4.18. The maximum absolute atomic E-state index is 12.7. The van der Waals surface area contributed by atoms with Crippen LogP contribution >= 0.6 is 22.9 Å². The number of nitriles is 1. The lowest BCUT2D eigenvalue weighted by Gasteiger charge is -2.11. The second-order valence-corrected chi connectivity index (χ2v) is 7.38. The Morgan fingerprint density at radius 1 is 1.15 bits per heavy atom. The van der Waals surface area contributed by atoms with Crippen molar-refractivity contribution in [2.24, 2.45) is 0 Å². The van der Waals surface area contributed by atoms with E-state index in [1.165, 1.54) is 22.2 Å². The highest BCUT2D eigenvalue weighted by molar-refractivity contribution is 7.18. The molecule has 0 aliphatic rings. The molecule has 0 N–H and O–H groups in total. The van der Waals surface area contributed by atoms with Crippen LogP contribution in [0.25, 0.3) is 10.2 Å². The molecular weight excluding hydrogens is 380 g/mol. The molecule has 132 valence electrons. The molecule has 0 aliphatic heterocycles. The Morgan fingerprint density at radius 3 is 2.63 bits per heavy atom. The zero-order valence-electron chi connectivity index (χ0n) is 14.0. The summed E-state index contributed by atoms with van der Waals surface area (Å²) < 4.78 is 2.28. The zero-order valence-corrected chi connectivity index (χ0v) is 15.6. The van der Waals surface area contributed by atoms with E-state index in [0.717, 1.165) is 15.8 Å². The van der Waals surface area contributed by atoms with Gasteiger partial charge in [-0.15, -0.1) is 11.3 Å². The van der Waals surface area contributed by atoms with Crippen molar-refractivity contribution in [3.8, 4) is 6.07 Å². The topological polar surface area (TPSA) is 71.6 Å². The molecule has 0 aliphatic carbocycles. The summed E-state index contributed by atoms with van der Waals surface area (Å²) in [7, 11) is 0. The number of fused-ring (bicyclic) bond motifs is 1. The minimum Gasteiger partial charge on any atom is -0.266 e. The Morgan fingerprint density at radius 2 is 1.89 bits per heavy atom. The summed E-state index contributed by atoms with van der Waals surface area (Å²) in [6.45, 7) is 0.317. The molecule has 2 aromatic carbocycles. The lowest BCUT2D eigenvalue weighted by atomic mass is 10.0. The van der Waals surface area contributed by atoms with Gasteiger partial charge in [0.05, 0.1) is 29.0 Å². The van der Waals surface area contributed by atoms with Gasteiger partial charge in [0.2, 0.25) is 0 Å². The number of nitrogens with zero attached hydrogens (tertiary/aromatic N) is 4. The van der Waals surface area contributed by atoms with Crippen LogP contribution in [-0.4, -0.2) is 14.8 Å². The fourth-order valence-electron chi connectivity index (χ4n) is 2.82. The number of thiazole rings is 1. The highest BCUT2D eigenvalue weighted by Gasteiger charge is 2.23. The molecular formula is C20H13ClN4OS. The number of hydrogen-bond donors (Lipinski definition) is 0. The quantitative estimate of drug-likeness (QED) is 0.521. The monoisotopic (exact) mass is 392 g/mol. The highest BCUT2D eigenvalue weighted by Crippen LogP contribution is 2.33. The first-order chi connectivity index (χ1) is 13.2. The Balaban J connectivity index is 1.73. The van der Waals surface area contributed by atoms with E-state index in [2.05, 4.69) is 16.2 Å². The average molecular weight is 393 g/mol. The van der Waals surface area contributed by atoms with Gasteiger partial charge in [0.15, 0.2) is 0 Å². The van der Waals surface area contributed by atoms with Crippen molar-refractivity contribution in [2.45, 2.75) is 12.5 Å². The van der Waals surface area contributed by atoms with Crippen LogP contribution in [0.4, 0.5) is 0 Å². The Hall–Kier alpha value is -3.01. The number of para-hydroxylation sites is 1. The molecule has 0 radical (unpaired) electrons. The van der Waals surface area contributed by atoms with E-state index in [1.807, 2.05) is 54.6 Å². The first-order valence-corrected chi connectivity index (χ1v) is 9.41. The van der Waals surface area contributed by atoms with Crippen LogP contribution in [0.2, 0.25) is 5.02 Å². The molecule has 1 atom stereocenters. The van der Waals surface area contributed by atoms with Crippen LogP contribution in [0.5, 0.6) is 0 Å². The molecule has 0 fully saturated rings. The van der Waals surface area contributed by atoms with Crippen LogP contribution in [0.1, 0.15) is 22.1 Å². The van der Waals surface area contributed by atoms with Crippen LogP contribution < -0.4 is 5.56 Å². The molecule has 1 unspecified atom stereocenters. The van der Waals surface area contributed by atoms with Crippen LogP contribution in [0.3, 0.4) is 0 Å². The summed E-state index contributed by atoms with van der Waals surface area (Å²) in [6, 6.07) is 19.4. The molecule has 7 heteroatoms. The lowest BCUT2D eigenvalue weighted by Crippen LogP contribution is -2.25. The molecule has 2 heterocycles. The predicted molar refractivity (Wildman–Crippen MR) is 106 cm³/mol. The van der Waals surface area contributed by atoms with Gasteiger partial charge in [-0.25, -0.2) is 9.67 Å². The van der Waals surface area contributed by atoms with Crippen LogP contribution in [0, 0.1) is 11.3 Å². The Labute approximate surface area is 164 Å². The van der Waals surface area contributed by atoms with Crippen LogP contribution in [0.15, 0.2) is 65.6 Å². The van der Waals surface area contributed by atoms with E-state index < -0.39 is 11.5 Å². The van der Waals surface area contributed by atoms with E-state index in [4.69, 9.17) is 11.6 Å². The molecule has 4 rings (SSSR count). The van der Waals surface area contributed by atoms with Gasteiger partial charge < -0.3 is 0 Å². The molecule has 0 spiro atoms. The number of aromatic nitrogens is 3. The summed E-state index contributed by atoms with van der Waals surface area (Å²) in [5.41, 5.74) is 1.73. The van der Waals surface area contributed by atoms with Crippen LogP contribution in [-0.2, 0) is 6.54 Å². The third-order valence-corrected chi connectivity index (χ3v) is 5.67. The average Bonchev–Trinajstić information content (AvgIpc) is 3.12. The third kappa shape index (κ3) is 3.35. The summed E-state index contributed by atoms with van der Waals surface area (Å²) in [6.07, 6.45) is 1.49. The highest BCUT2D eigenvalue weighted by atomic mass is 35.5. The maximum atomic E-state index is 12.7. The van der Waals surface area contributed by atoms with Crippen molar-refractivity contribution < 1.29 is 0 Å². The predicted octanol–water partition coefficient (Wildman–Crippen LogP) is 4.21. The molecule has 4 aromatic rings. The van der Waals surface area contributed by atoms with Gasteiger partial charge in [-0.3, -0.25) is 4.79 Å². The van der Waals surface area contributed by atoms with Crippen molar-refractivity contribution in [3.05, 3.63) is 92.3 Å². The first kappa shape index (κ1) is 17.4. The minimum absolute atomic E-state index is 0.00624. The van der Waals surface area contributed by atoms with E-state index in [-0.39, 0.29) is 5.02 Å². The van der Waals surface area contributed by atoms with Crippen molar-refractivity contribution >= 4 is 33.2 Å². The van der Waals surface area contributed by atoms with Crippen molar-refractivity contribution in [1.82, 2.24) is 14.8 Å². The smallest absolute Gasteiger partial charge is 0.266 e. The number of benzene rings is 2. The summed E-state index contributed by atoms with van der Waals surface area (Å²) >= 11 is 7.76. The van der Waals surface area contributed by atoms with E-state index in [1.54, 1.807) is 0 Å². The molecule has 0 amide bonds. The molecule has 5 nitrogen and oxygen atoms in total. The van der Waals surface area contributed by atoms with Gasteiger partial charge >= 0.3 is 0 Å². The van der Waals surface area contributed by atoms with E-state index in [0.29, 0.717) is 17.1 Å². The maximum Gasteiger partial charge on any atom is 0.286 e. The van der Waals surface area contributed by atoms with Gasteiger partial charge in [0.25, 0.3) is 5.56 Å². The molecule has 0 bridgehead atoms. The fourth-order valence-corrected chi connectivity index (χ4v) is 4.11.